The number of esters is 1. The van der Waals surface area contributed by atoms with Crippen LogP contribution in [0.4, 0.5) is 0 Å². The third kappa shape index (κ3) is 59.8. The van der Waals surface area contributed by atoms with Crippen molar-refractivity contribution in [3.8, 4) is 0 Å². The number of nitrogens with one attached hydrogen (secondary N) is 1. The summed E-state index contributed by atoms with van der Waals surface area (Å²) < 4.78 is 5.50. The molecule has 0 fully saturated rings. The van der Waals surface area contributed by atoms with Crippen molar-refractivity contribution in [2.45, 2.75) is 398 Å². The second kappa shape index (κ2) is 64.1. The number of carbonyl (C=O) groups excluding carboxylic acids is 2. The molecule has 6 nitrogen and oxygen atoms in total. The lowest BCUT2D eigenvalue weighted by atomic mass is 10.0. The Hall–Kier alpha value is -1.40. The summed E-state index contributed by atoms with van der Waals surface area (Å²) in [6.45, 7) is 4.92. The molecule has 1 amide bonds. The van der Waals surface area contributed by atoms with Gasteiger partial charge in [-0.2, -0.15) is 0 Å². The number of hydrogen-bond donors (Lipinski definition) is 3. The van der Waals surface area contributed by atoms with E-state index in [0.29, 0.717) is 19.4 Å². The van der Waals surface area contributed by atoms with E-state index in [1.807, 2.05) is 6.08 Å². The lowest BCUT2D eigenvalue weighted by Gasteiger charge is -2.20. The Morgan fingerprint density at radius 2 is 0.622 bits per heavy atom. The summed E-state index contributed by atoms with van der Waals surface area (Å²) in [6.07, 6.45) is 78.7. The van der Waals surface area contributed by atoms with Crippen molar-refractivity contribution in [1.29, 1.82) is 0 Å². The maximum atomic E-state index is 12.4. The van der Waals surface area contributed by atoms with Gasteiger partial charge in [0.15, 0.2) is 0 Å². The van der Waals surface area contributed by atoms with Crippen LogP contribution < -0.4 is 5.32 Å². The molecule has 0 rings (SSSR count). The zero-order chi connectivity index (χ0) is 53.6. The molecule has 0 saturated heterocycles. The third-order valence-electron chi connectivity index (χ3n) is 16.1. The van der Waals surface area contributed by atoms with Gasteiger partial charge in [0.25, 0.3) is 0 Å². The number of aliphatic hydroxyl groups excluding tert-OH is 2. The van der Waals surface area contributed by atoms with Gasteiger partial charge in [0.2, 0.25) is 5.91 Å². The third-order valence-corrected chi connectivity index (χ3v) is 16.1. The number of amides is 1. The molecule has 0 aromatic carbocycles. The SMILES string of the molecule is CCCCCCCCCC/C=C/C(O)C(CO)NC(=O)CCCCCCCCCCCCCCCCCCCCCCCCCCCCCCCCCCOC(=O)CCCCCCCCCCCCCCCCC. The van der Waals surface area contributed by atoms with Gasteiger partial charge in [0, 0.05) is 12.8 Å². The molecular formula is C68H133NO5. The maximum Gasteiger partial charge on any atom is 0.305 e. The molecule has 2 unspecified atom stereocenters. The number of allylic oxidation sites excluding steroid dienone is 1. The van der Waals surface area contributed by atoms with Crippen LogP contribution in [0.1, 0.15) is 386 Å². The van der Waals surface area contributed by atoms with Crippen molar-refractivity contribution < 1.29 is 24.5 Å². The number of aliphatic hydroxyl groups is 2. The van der Waals surface area contributed by atoms with Gasteiger partial charge < -0.3 is 20.3 Å². The molecule has 0 aliphatic carbocycles. The fourth-order valence-electron chi connectivity index (χ4n) is 10.9. The second-order valence-electron chi connectivity index (χ2n) is 23.5. The van der Waals surface area contributed by atoms with Crippen LogP contribution in [-0.4, -0.2) is 47.4 Å². The van der Waals surface area contributed by atoms with Crippen molar-refractivity contribution >= 4 is 11.9 Å². The second-order valence-corrected chi connectivity index (χ2v) is 23.5. The number of rotatable bonds is 64. The first-order valence-electron chi connectivity index (χ1n) is 34.0. The average Bonchev–Trinajstić information content (AvgIpc) is 3.40. The summed E-state index contributed by atoms with van der Waals surface area (Å²) in [5.41, 5.74) is 0. The normalized spacial score (nSPS) is 12.5. The zero-order valence-electron chi connectivity index (χ0n) is 50.4. The van der Waals surface area contributed by atoms with Crippen molar-refractivity contribution in [3.63, 3.8) is 0 Å². The van der Waals surface area contributed by atoms with E-state index in [2.05, 4.69) is 19.2 Å². The minimum absolute atomic E-state index is 0.0245. The van der Waals surface area contributed by atoms with Gasteiger partial charge in [-0.25, -0.2) is 0 Å². The van der Waals surface area contributed by atoms with E-state index in [1.165, 1.54) is 321 Å². The number of hydrogen-bond acceptors (Lipinski definition) is 5. The fraction of sp³-hybridized carbons (Fsp3) is 0.941. The van der Waals surface area contributed by atoms with Crippen molar-refractivity contribution in [2.75, 3.05) is 13.2 Å². The molecule has 0 aliphatic rings. The molecule has 0 spiro atoms. The Kier molecular flexibility index (Phi) is 62.9. The largest absolute Gasteiger partial charge is 0.466 e. The van der Waals surface area contributed by atoms with Gasteiger partial charge in [-0.15, -0.1) is 0 Å². The molecule has 0 aromatic heterocycles. The molecule has 3 N–H and O–H groups in total. The van der Waals surface area contributed by atoms with Gasteiger partial charge in [-0.05, 0) is 32.1 Å². The van der Waals surface area contributed by atoms with Crippen molar-refractivity contribution in [1.82, 2.24) is 5.32 Å². The van der Waals surface area contributed by atoms with Crippen LogP contribution in [0.3, 0.4) is 0 Å². The first-order valence-corrected chi connectivity index (χ1v) is 34.0. The van der Waals surface area contributed by atoms with Crippen LogP contribution >= 0.6 is 0 Å². The van der Waals surface area contributed by atoms with Crippen molar-refractivity contribution in [2.24, 2.45) is 0 Å². The molecule has 0 bridgehead atoms. The van der Waals surface area contributed by atoms with E-state index in [1.54, 1.807) is 6.08 Å². The summed E-state index contributed by atoms with van der Waals surface area (Å²) in [5, 5.41) is 23.0. The molecule has 440 valence electrons. The van der Waals surface area contributed by atoms with E-state index in [0.717, 1.165) is 38.5 Å². The summed E-state index contributed by atoms with van der Waals surface area (Å²) in [4.78, 5) is 24.5. The van der Waals surface area contributed by atoms with Crippen molar-refractivity contribution in [3.05, 3.63) is 12.2 Å². The monoisotopic (exact) mass is 1040 g/mol. The Morgan fingerprint density at radius 3 is 0.919 bits per heavy atom. The molecule has 74 heavy (non-hydrogen) atoms. The van der Waals surface area contributed by atoms with Crippen LogP contribution in [0, 0.1) is 0 Å². The van der Waals surface area contributed by atoms with Crippen LogP contribution in [-0.2, 0) is 14.3 Å². The average molecular weight is 1040 g/mol. The van der Waals surface area contributed by atoms with E-state index >= 15 is 0 Å². The molecular weight excluding hydrogens is 911 g/mol. The highest BCUT2D eigenvalue weighted by molar-refractivity contribution is 5.76. The van der Waals surface area contributed by atoms with Gasteiger partial charge in [-0.1, -0.05) is 353 Å². The van der Waals surface area contributed by atoms with E-state index in [-0.39, 0.29) is 18.5 Å². The molecule has 0 aromatic rings. The summed E-state index contributed by atoms with van der Waals surface area (Å²) in [6, 6.07) is -0.621. The predicted molar refractivity (Wildman–Crippen MR) is 324 cm³/mol. The van der Waals surface area contributed by atoms with E-state index in [9.17, 15) is 19.8 Å². The highest BCUT2D eigenvalue weighted by Gasteiger charge is 2.18. The molecule has 0 saturated carbocycles. The number of unbranched alkanes of at least 4 members (excludes halogenated alkanes) is 53. The Balaban J connectivity index is 3.29. The molecule has 2 atom stereocenters. The maximum absolute atomic E-state index is 12.4. The Bertz CT molecular complexity index is 1110. The number of ether oxygens (including phenoxy) is 1. The first kappa shape index (κ1) is 72.6. The summed E-state index contributed by atoms with van der Waals surface area (Å²) >= 11 is 0. The molecule has 6 heteroatoms. The van der Waals surface area contributed by atoms with Crippen LogP contribution in [0.15, 0.2) is 12.2 Å². The predicted octanol–water partition coefficient (Wildman–Crippen LogP) is 21.6. The summed E-state index contributed by atoms with van der Waals surface area (Å²) in [5.74, 6) is -0.0391. The summed E-state index contributed by atoms with van der Waals surface area (Å²) in [7, 11) is 0. The lowest BCUT2D eigenvalue weighted by Crippen LogP contribution is -2.45. The van der Waals surface area contributed by atoms with Gasteiger partial charge in [0.1, 0.15) is 0 Å². The fourth-order valence-corrected chi connectivity index (χ4v) is 10.9. The Morgan fingerprint density at radius 1 is 0.365 bits per heavy atom. The smallest absolute Gasteiger partial charge is 0.305 e. The first-order chi connectivity index (χ1) is 36.5. The Labute approximate surface area is 463 Å². The molecule has 0 heterocycles. The van der Waals surface area contributed by atoms with Gasteiger partial charge in [0.05, 0.1) is 25.4 Å². The number of carbonyl (C=O) groups is 2. The highest BCUT2D eigenvalue weighted by atomic mass is 16.5. The molecule has 0 radical (unpaired) electrons. The van der Waals surface area contributed by atoms with Gasteiger partial charge >= 0.3 is 5.97 Å². The topological polar surface area (TPSA) is 95.9 Å². The van der Waals surface area contributed by atoms with E-state index in [4.69, 9.17) is 4.74 Å². The highest BCUT2D eigenvalue weighted by Crippen LogP contribution is 2.19. The van der Waals surface area contributed by atoms with Crippen LogP contribution in [0.5, 0.6) is 0 Å². The standard InChI is InChI=1S/C68H133NO5/c1-3-5-7-9-11-13-15-16-35-39-42-46-50-54-58-62-68(73)74-63-59-55-51-47-43-40-37-34-32-30-28-26-24-22-20-18-17-19-21-23-25-27-29-31-33-36-38-41-45-49-53-57-61-67(72)69-65(64-70)66(71)60-56-52-48-44-14-12-10-8-6-4-2/h56,60,65-66,70-71H,3-55,57-59,61-64H2,1-2H3,(H,69,72)/b60-56+. The zero-order valence-corrected chi connectivity index (χ0v) is 50.4. The minimum Gasteiger partial charge on any atom is -0.466 e. The minimum atomic E-state index is -0.838. The van der Waals surface area contributed by atoms with E-state index < -0.39 is 12.1 Å². The van der Waals surface area contributed by atoms with Crippen LogP contribution in [0.25, 0.3) is 0 Å². The quantitative estimate of drug-likeness (QED) is 0.0320. The van der Waals surface area contributed by atoms with Crippen LogP contribution in [0.2, 0.25) is 0 Å². The molecule has 0 aliphatic heterocycles. The van der Waals surface area contributed by atoms with Gasteiger partial charge in [-0.3, -0.25) is 9.59 Å². The lowest BCUT2D eigenvalue weighted by molar-refractivity contribution is -0.143.